The van der Waals surface area contributed by atoms with E-state index in [1.807, 2.05) is 50.2 Å². The Hall–Kier alpha value is -3.26. The molecule has 0 aliphatic carbocycles. The van der Waals surface area contributed by atoms with E-state index < -0.39 is 0 Å². The summed E-state index contributed by atoms with van der Waals surface area (Å²) >= 11 is 1.42. The lowest BCUT2D eigenvalue weighted by Crippen LogP contribution is -2.46. The zero-order valence-corrected chi connectivity index (χ0v) is 20.1. The molecule has 0 saturated carbocycles. The standard InChI is InChI=1S/C25H29N5O2S/c1-18-4-5-19(2)22(14-18)28-24(31)16-33-25-15-23(26-17-27-25)30-12-10-29(11-13-30)20-6-8-21(32-3)9-7-20/h4-9,14-15,17H,10-13,16H2,1-3H3,(H,28,31). The second-order valence-corrected chi connectivity index (χ2v) is 9.04. The maximum Gasteiger partial charge on any atom is 0.234 e. The number of rotatable bonds is 7. The van der Waals surface area contributed by atoms with Crippen molar-refractivity contribution in [1.29, 1.82) is 0 Å². The van der Waals surface area contributed by atoms with Crippen LogP contribution in [-0.2, 0) is 4.79 Å². The van der Waals surface area contributed by atoms with Crippen LogP contribution in [0.25, 0.3) is 0 Å². The summed E-state index contributed by atoms with van der Waals surface area (Å²) in [6.45, 7) is 7.59. The highest BCUT2D eigenvalue weighted by Crippen LogP contribution is 2.24. The molecule has 0 spiro atoms. The first-order valence-electron chi connectivity index (χ1n) is 11.0. The van der Waals surface area contributed by atoms with Crippen LogP contribution in [0.4, 0.5) is 17.2 Å². The smallest absolute Gasteiger partial charge is 0.234 e. The molecule has 1 amide bonds. The summed E-state index contributed by atoms with van der Waals surface area (Å²) in [6, 6.07) is 16.2. The predicted octanol–water partition coefficient (Wildman–Crippen LogP) is 4.16. The number of anilines is 3. The van der Waals surface area contributed by atoms with Gasteiger partial charge in [0.25, 0.3) is 0 Å². The molecular formula is C25H29N5O2S. The summed E-state index contributed by atoms with van der Waals surface area (Å²) < 4.78 is 5.25. The molecule has 172 valence electrons. The lowest BCUT2D eigenvalue weighted by molar-refractivity contribution is -0.113. The van der Waals surface area contributed by atoms with E-state index in [0.717, 1.165) is 59.6 Å². The molecular weight excluding hydrogens is 434 g/mol. The Morgan fingerprint density at radius 3 is 2.45 bits per heavy atom. The van der Waals surface area contributed by atoms with Crippen molar-refractivity contribution in [3.63, 3.8) is 0 Å². The number of aromatic nitrogens is 2. The Morgan fingerprint density at radius 1 is 1.00 bits per heavy atom. The fraction of sp³-hybridized carbons (Fsp3) is 0.320. The van der Waals surface area contributed by atoms with Gasteiger partial charge in [-0.2, -0.15) is 0 Å². The quantitative estimate of drug-likeness (QED) is 0.417. The van der Waals surface area contributed by atoms with Crippen molar-refractivity contribution in [2.45, 2.75) is 18.9 Å². The average molecular weight is 464 g/mol. The van der Waals surface area contributed by atoms with Crippen molar-refractivity contribution >= 4 is 34.9 Å². The number of aryl methyl sites for hydroxylation is 2. The fourth-order valence-corrected chi connectivity index (χ4v) is 4.43. The molecule has 0 atom stereocenters. The van der Waals surface area contributed by atoms with E-state index in [4.69, 9.17) is 4.74 Å². The molecule has 1 aliphatic heterocycles. The Morgan fingerprint density at radius 2 is 1.73 bits per heavy atom. The van der Waals surface area contributed by atoms with Gasteiger partial charge in [0.05, 0.1) is 12.9 Å². The number of hydrogen-bond donors (Lipinski definition) is 1. The van der Waals surface area contributed by atoms with E-state index in [9.17, 15) is 4.79 Å². The summed E-state index contributed by atoms with van der Waals surface area (Å²) in [5, 5.41) is 3.80. The van der Waals surface area contributed by atoms with Crippen LogP contribution in [0.1, 0.15) is 11.1 Å². The minimum absolute atomic E-state index is 0.0398. The normalized spacial score (nSPS) is 13.7. The molecule has 2 heterocycles. The summed E-state index contributed by atoms with van der Waals surface area (Å²) in [5.74, 6) is 2.03. The second kappa shape index (κ2) is 10.6. The highest BCUT2D eigenvalue weighted by molar-refractivity contribution is 7.99. The maximum atomic E-state index is 12.4. The number of thioether (sulfide) groups is 1. The van der Waals surface area contributed by atoms with Crippen molar-refractivity contribution in [2.24, 2.45) is 0 Å². The number of nitrogens with zero attached hydrogens (tertiary/aromatic N) is 4. The van der Waals surface area contributed by atoms with Gasteiger partial charge < -0.3 is 19.9 Å². The third-order valence-electron chi connectivity index (χ3n) is 5.69. The van der Waals surface area contributed by atoms with Crippen LogP contribution in [0.3, 0.4) is 0 Å². The van der Waals surface area contributed by atoms with Gasteiger partial charge in [0.2, 0.25) is 5.91 Å². The summed E-state index contributed by atoms with van der Waals surface area (Å²) in [7, 11) is 1.68. The minimum atomic E-state index is -0.0398. The van der Waals surface area contributed by atoms with Gasteiger partial charge >= 0.3 is 0 Å². The van der Waals surface area contributed by atoms with E-state index in [0.29, 0.717) is 5.75 Å². The maximum absolute atomic E-state index is 12.4. The molecule has 1 fully saturated rings. The Kier molecular flexibility index (Phi) is 7.34. The first-order chi connectivity index (χ1) is 16.0. The number of ether oxygens (including phenoxy) is 1. The highest BCUT2D eigenvalue weighted by atomic mass is 32.2. The van der Waals surface area contributed by atoms with E-state index in [1.165, 1.54) is 17.4 Å². The zero-order valence-electron chi connectivity index (χ0n) is 19.2. The molecule has 0 unspecified atom stereocenters. The molecule has 3 aromatic rings. The van der Waals surface area contributed by atoms with Crippen LogP contribution < -0.4 is 19.9 Å². The van der Waals surface area contributed by atoms with Crippen molar-refractivity contribution < 1.29 is 9.53 Å². The van der Waals surface area contributed by atoms with Crippen LogP contribution >= 0.6 is 11.8 Å². The van der Waals surface area contributed by atoms with Crippen molar-refractivity contribution in [2.75, 3.05) is 54.2 Å². The van der Waals surface area contributed by atoms with E-state index >= 15 is 0 Å². The average Bonchev–Trinajstić information content (AvgIpc) is 2.85. The number of carbonyl (C=O) groups excluding carboxylic acids is 1. The molecule has 1 aromatic heterocycles. The van der Waals surface area contributed by atoms with E-state index in [-0.39, 0.29) is 5.91 Å². The summed E-state index contributed by atoms with van der Waals surface area (Å²) in [6.07, 6.45) is 1.58. The van der Waals surface area contributed by atoms with Crippen molar-refractivity contribution in [3.05, 3.63) is 66.0 Å². The highest BCUT2D eigenvalue weighted by Gasteiger charge is 2.19. The molecule has 33 heavy (non-hydrogen) atoms. The largest absolute Gasteiger partial charge is 0.497 e. The summed E-state index contributed by atoms with van der Waals surface area (Å²) in [4.78, 5) is 25.9. The van der Waals surface area contributed by atoms with Crippen LogP contribution in [-0.4, -0.2) is 54.9 Å². The van der Waals surface area contributed by atoms with Crippen LogP contribution in [0, 0.1) is 13.8 Å². The summed E-state index contributed by atoms with van der Waals surface area (Å²) in [5.41, 5.74) is 4.23. The first-order valence-corrected chi connectivity index (χ1v) is 12.0. The SMILES string of the molecule is COc1ccc(N2CCN(c3cc(SCC(=O)Nc4cc(C)ccc4C)ncn3)CC2)cc1. The van der Waals surface area contributed by atoms with Crippen LogP contribution in [0.2, 0.25) is 0 Å². The number of piperazine rings is 1. The van der Waals surface area contributed by atoms with Gasteiger partial charge in [-0.1, -0.05) is 23.9 Å². The van der Waals surface area contributed by atoms with Gasteiger partial charge in [-0.15, -0.1) is 0 Å². The second-order valence-electron chi connectivity index (χ2n) is 8.04. The zero-order chi connectivity index (χ0) is 23.2. The topological polar surface area (TPSA) is 70.6 Å². The van der Waals surface area contributed by atoms with Crippen molar-refractivity contribution in [1.82, 2.24) is 9.97 Å². The van der Waals surface area contributed by atoms with Gasteiger partial charge in [-0.3, -0.25) is 4.79 Å². The molecule has 0 bridgehead atoms. The number of carbonyl (C=O) groups is 1. The Balaban J connectivity index is 1.30. The number of nitrogens with one attached hydrogen (secondary N) is 1. The molecule has 7 nitrogen and oxygen atoms in total. The molecule has 1 saturated heterocycles. The Bertz CT molecular complexity index is 1100. The molecule has 8 heteroatoms. The molecule has 0 radical (unpaired) electrons. The molecule has 2 aromatic carbocycles. The Labute approximate surface area is 199 Å². The third kappa shape index (κ3) is 5.96. The minimum Gasteiger partial charge on any atom is -0.497 e. The fourth-order valence-electron chi connectivity index (χ4n) is 3.76. The number of methoxy groups -OCH3 is 1. The van der Waals surface area contributed by atoms with Gasteiger partial charge in [0.15, 0.2) is 0 Å². The molecule has 4 rings (SSSR count). The van der Waals surface area contributed by atoms with Gasteiger partial charge in [0, 0.05) is 43.6 Å². The lowest BCUT2D eigenvalue weighted by Gasteiger charge is -2.36. The number of benzene rings is 2. The number of amides is 1. The molecule has 1 aliphatic rings. The van der Waals surface area contributed by atoms with Gasteiger partial charge in [-0.25, -0.2) is 9.97 Å². The monoisotopic (exact) mass is 463 g/mol. The third-order valence-corrected chi connectivity index (χ3v) is 6.61. The van der Waals surface area contributed by atoms with E-state index in [2.05, 4.69) is 37.2 Å². The predicted molar refractivity (Wildman–Crippen MR) is 135 cm³/mol. The number of hydrogen-bond acceptors (Lipinski definition) is 7. The van der Waals surface area contributed by atoms with Crippen LogP contribution in [0.5, 0.6) is 5.75 Å². The lowest BCUT2D eigenvalue weighted by atomic mass is 10.1. The van der Waals surface area contributed by atoms with Crippen LogP contribution in [0.15, 0.2) is 59.9 Å². The van der Waals surface area contributed by atoms with E-state index in [1.54, 1.807) is 13.4 Å². The molecule has 1 N–H and O–H groups in total. The van der Waals surface area contributed by atoms with Crippen molar-refractivity contribution in [3.8, 4) is 5.75 Å². The van der Waals surface area contributed by atoms with Gasteiger partial charge in [-0.05, 0) is 55.3 Å². The van der Waals surface area contributed by atoms with Gasteiger partial charge in [0.1, 0.15) is 22.9 Å². The first kappa shape index (κ1) is 22.9.